The lowest BCUT2D eigenvalue weighted by Gasteiger charge is -2.22. The van der Waals surface area contributed by atoms with Gasteiger partial charge >= 0.3 is 0 Å². The van der Waals surface area contributed by atoms with Crippen molar-refractivity contribution in [2.24, 2.45) is 5.92 Å². The molecule has 1 nitrogen and oxygen atoms in total. The molecule has 2 rings (SSSR count). The Balaban J connectivity index is 1.86. The molecule has 0 aromatic heterocycles. The maximum Gasteiger partial charge on any atom is 0.0790 e. The molecule has 1 atom stereocenters. The molecule has 0 spiro atoms. The number of aliphatic hydroxyl groups is 1. The molecule has 0 heterocycles. The third-order valence-electron chi connectivity index (χ3n) is 3.90. The van der Waals surface area contributed by atoms with Crippen LogP contribution in [0.2, 0.25) is 5.02 Å². The molecule has 1 N–H and O–H groups in total. The minimum Gasteiger partial charge on any atom is -0.388 e. The quantitative estimate of drug-likeness (QED) is 0.772. The second-order valence-corrected chi connectivity index (χ2v) is 6.53. The van der Waals surface area contributed by atoms with E-state index in [4.69, 9.17) is 11.6 Å². The second-order valence-electron chi connectivity index (χ2n) is 5.27. The van der Waals surface area contributed by atoms with Gasteiger partial charge in [-0.1, -0.05) is 49.8 Å². The fourth-order valence-corrected chi connectivity index (χ4v) is 3.27. The molecule has 1 saturated carbocycles. The van der Waals surface area contributed by atoms with Crippen LogP contribution in [0.15, 0.2) is 22.7 Å². The number of benzene rings is 1. The zero-order valence-corrected chi connectivity index (χ0v) is 12.9. The summed E-state index contributed by atoms with van der Waals surface area (Å²) in [6.07, 6.45) is 8.46. The number of aliphatic hydroxyl groups excluding tert-OH is 1. The van der Waals surface area contributed by atoms with Gasteiger partial charge in [-0.25, -0.2) is 0 Å². The molecule has 1 aromatic rings. The molecule has 1 aliphatic rings. The summed E-state index contributed by atoms with van der Waals surface area (Å²) < 4.78 is 0.860. The van der Waals surface area contributed by atoms with Crippen molar-refractivity contribution in [2.45, 2.75) is 51.0 Å². The van der Waals surface area contributed by atoms with Gasteiger partial charge in [-0.15, -0.1) is 0 Å². The Morgan fingerprint density at radius 1 is 1.28 bits per heavy atom. The molecule has 1 fully saturated rings. The standard InChI is InChI=1S/C15H20BrClO/c16-13-10-12(7-8-14(13)17)15(18)9-6-11-4-2-1-3-5-11/h7-8,10-11,15,18H,1-6,9H2. The summed E-state index contributed by atoms with van der Waals surface area (Å²) in [5, 5.41) is 10.9. The number of hydrogen-bond acceptors (Lipinski definition) is 1. The largest absolute Gasteiger partial charge is 0.388 e. The van der Waals surface area contributed by atoms with Gasteiger partial charge in [0.05, 0.1) is 11.1 Å². The number of halogens is 2. The Hall–Kier alpha value is -0.0500. The van der Waals surface area contributed by atoms with Crippen molar-refractivity contribution < 1.29 is 5.11 Å². The summed E-state index contributed by atoms with van der Waals surface area (Å²) >= 11 is 9.35. The van der Waals surface area contributed by atoms with E-state index < -0.39 is 0 Å². The van der Waals surface area contributed by atoms with E-state index in [-0.39, 0.29) is 6.10 Å². The van der Waals surface area contributed by atoms with Crippen LogP contribution in [0.1, 0.15) is 56.6 Å². The minimum atomic E-state index is -0.361. The van der Waals surface area contributed by atoms with Crippen molar-refractivity contribution >= 4 is 27.5 Å². The van der Waals surface area contributed by atoms with Crippen molar-refractivity contribution in [3.05, 3.63) is 33.3 Å². The highest BCUT2D eigenvalue weighted by molar-refractivity contribution is 9.10. The molecule has 0 saturated heterocycles. The fraction of sp³-hybridized carbons (Fsp3) is 0.600. The second kappa shape index (κ2) is 6.93. The first-order valence-electron chi connectivity index (χ1n) is 6.80. The van der Waals surface area contributed by atoms with Gasteiger partial charge < -0.3 is 5.11 Å². The lowest BCUT2D eigenvalue weighted by atomic mass is 9.85. The summed E-state index contributed by atoms with van der Waals surface area (Å²) in [6.45, 7) is 0. The van der Waals surface area contributed by atoms with E-state index in [9.17, 15) is 5.11 Å². The van der Waals surface area contributed by atoms with Crippen molar-refractivity contribution in [2.75, 3.05) is 0 Å². The van der Waals surface area contributed by atoms with Crippen LogP contribution < -0.4 is 0 Å². The van der Waals surface area contributed by atoms with E-state index in [2.05, 4.69) is 15.9 Å². The number of hydrogen-bond donors (Lipinski definition) is 1. The number of rotatable bonds is 4. The minimum absolute atomic E-state index is 0.361. The monoisotopic (exact) mass is 330 g/mol. The van der Waals surface area contributed by atoms with Gasteiger partial charge in [-0.2, -0.15) is 0 Å². The molecular weight excluding hydrogens is 312 g/mol. The molecule has 18 heavy (non-hydrogen) atoms. The van der Waals surface area contributed by atoms with Gasteiger partial charge in [-0.05, 0) is 52.4 Å². The molecule has 0 aliphatic heterocycles. The van der Waals surface area contributed by atoms with E-state index >= 15 is 0 Å². The molecule has 100 valence electrons. The lowest BCUT2D eigenvalue weighted by molar-refractivity contribution is 0.151. The van der Waals surface area contributed by atoms with Gasteiger partial charge in [-0.3, -0.25) is 0 Å². The first-order chi connectivity index (χ1) is 8.66. The molecule has 0 radical (unpaired) electrons. The van der Waals surface area contributed by atoms with Crippen molar-refractivity contribution in [1.82, 2.24) is 0 Å². The van der Waals surface area contributed by atoms with E-state index in [1.807, 2.05) is 18.2 Å². The van der Waals surface area contributed by atoms with Crippen LogP contribution in [0.5, 0.6) is 0 Å². The van der Waals surface area contributed by atoms with Gasteiger partial charge in [0.15, 0.2) is 0 Å². The first-order valence-corrected chi connectivity index (χ1v) is 7.97. The van der Waals surface area contributed by atoms with Gasteiger partial charge in [0.2, 0.25) is 0 Å². The first kappa shape index (κ1) is 14.4. The molecule has 0 amide bonds. The van der Waals surface area contributed by atoms with Crippen LogP contribution in [-0.2, 0) is 0 Å². The van der Waals surface area contributed by atoms with Crippen LogP contribution in [0, 0.1) is 5.92 Å². The van der Waals surface area contributed by atoms with Gasteiger partial charge in [0.25, 0.3) is 0 Å². The van der Waals surface area contributed by atoms with E-state index in [0.29, 0.717) is 5.02 Å². The van der Waals surface area contributed by atoms with Crippen molar-refractivity contribution in [3.63, 3.8) is 0 Å². The Bertz CT molecular complexity index is 388. The summed E-state index contributed by atoms with van der Waals surface area (Å²) in [5.41, 5.74) is 0.960. The van der Waals surface area contributed by atoms with Gasteiger partial charge in [0, 0.05) is 4.47 Å². The lowest BCUT2D eigenvalue weighted by Crippen LogP contribution is -2.08. The Morgan fingerprint density at radius 2 is 2.00 bits per heavy atom. The van der Waals surface area contributed by atoms with E-state index in [1.165, 1.54) is 32.1 Å². The third kappa shape index (κ3) is 3.97. The summed E-state index contributed by atoms with van der Waals surface area (Å²) in [4.78, 5) is 0. The molecule has 3 heteroatoms. The summed E-state index contributed by atoms with van der Waals surface area (Å²) in [6, 6.07) is 5.68. The molecule has 0 bridgehead atoms. The normalized spacial score (nSPS) is 18.8. The van der Waals surface area contributed by atoms with Crippen LogP contribution in [0.25, 0.3) is 0 Å². The Labute approximate surface area is 123 Å². The maximum absolute atomic E-state index is 10.2. The molecular formula is C15H20BrClO. The summed E-state index contributed by atoms with van der Waals surface area (Å²) in [7, 11) is 0. The average Bonchev–Trinajstić information content (AvgIpc) is 2.40. The Morgan fingerprint density at radius 3 is 2.67 bits per heavy atom. The van der Waals surface area contributed by atoms with E-state index in [1.54, 1.807) is 0 Å². The van der Waals surface area contributed by atoms with E-state index in [0.717, 1.165) is 28.8 Å². The highest BCUT2D eigenvalue weighted by Crippen LogP contribution is 2.32. The highest BCUT2D eigenvalue weighted by atomic mass is 79.9. The van der Waals surface area contributed by atoms with Crippen LogP contribution in [0.4, 0.5) is 0 Å². The van der Waals surface area contributed by atoms with Crippen molar-refractivity contribution in [1.29, 1.82) is 0 Å². The van der Waals surface area contributed by atoms with Gasteiger partial charge in [0.1, 0.15) is 0 Å². The molecule has 1 aromatic carbocycles. The highest BCUT2D eigenvalue weighted by Gasteiger charge is 2.16. The fourth-order valence-electron chi connectivity index (χ4n) is 2.76. The Kier molecular flexibility index (Phi) is 5.53. The average molecular weight is 332 g/mol. The maximum atomic E-state index is 10.2. The third-order valence-corrected chi connectivity index (χ3v) is 5.12. The van der Waals surface area contributed by atoms with Crippen LogP contribution >= 0.6 is 27.5 Å². The zero-order valence-electron chi connectivity index (χ0n) is 10.5. The smallest absolute Gasteiger partial charge is 0.0790 e. The van der Waals surface area contributed by atoms with Crippen LogP contribution in [-0.4, -0.2) is 5.11 Å². The van der Waals surface area contributed by atoms with Crippen LogP contribution in [0.3, 0.4) is 0 Å². The van der Waals surface area contributed by atoms with Crippen molar-refractivity contribution in [3.8, 4) is 0 Å². The predicted molar refractivity (Wildman–Crippen MR) is 79.9 cm³/mol. The molecule has 1 aliphatic carbocycles. The SMILES string of the molecule is OC(CCC1CCCCC1)c1ccc(Cl)c(Br)c1. The predicted octanol–water partition coefficient (Wildman–Crippen LogP) is 5.50. The summed E-state index contributed by atoms with van der Waals surface area (Å²) in [5.74, 6) is 0.823. The zero-order chi connectivity index (χ0) is 13.0. The molecule has 1 unspecified atom stereocenters. The topological polar surface area (TPSA) is 20.2 Å².